The Morgan fingerprint density at radius 1 is 1.38 bits per heavy atom. The van der Waals surface area contributed by atoms with Crippen LogP contribution in [0.1, 0.15) is 47.9 Å². The minimum atomic E-state index is -0.634. The van der Waals surface area contributed by atoms with E-state index in [1.807, 2.05) is 0 Å². The fourth-order valence-electron chi connectivity index (χ4n) is 3.69. The van der Waals surface area contributed by atoms with E-state index < -0.39 is 10.8 Å². The molecule has 15 heteroatoms. The fourth-order valence-corrected chi connectivity index (χ4v) is 3.69. The molecule has 0 radical (unpaired) electrons. The second-order valence-electron chi connectivity index (χ2n) is 7.60. The number of nitrogen functional groups attached to an aromatic ring is 1. The van der Waals surface area contributed by atoms with Crippen molar-refractivity contribution in [3.05, 3.63) is 51.3 Å². The summed E-state index contributed by atoms with van der Waals surface area (Å²) in [5.74, 6) is -0.496. The molecular weight excluding hydrogens is 468 g/mol. The number of piperidine rings is 1. The van der Waals surface area contributed by atoms with Crippen molar-refractivity contribution in [3.63, 3.8) is 0 Å². The molecule has 4 rings (SSSR count). The van der Waals surface area contributed by atoms with Gasteiger partial charge in [-0.05, 0) is 42.7 Å². The Bertz CT molecular complexity index is 1190. The number of rotatable bonds is 7. The number of halogens is 1. The number of benzene rings is 1. The van der Waals surface area contributed by atoms with Gasteiger partial charge < -0.3 is 5.73 Å². The van der Waals surface area contributed by atoms with Gasteiger partial charge in [0, 0.05) is 18.7 Å². The number of carbonyl (C=O) groups excluding carboxylic acids is 1. The molecule has 1 aliphatic heterocycles. The van der Waals surface area contributed by atoms with Crippen LogP contribution in [0.2, 0.25) is 0 Å². The molecule has 3 N–H and O–H groups in total. The zero-order valence-corrected chi connectivity index (χ0v) is 19.0. The van der Waals surface area contributed by atoms with E-state index in [9.17, 15) is 14.9 Å². The lowest BCUT2D eigenvalue weighted by atomic mass is 10.0. The van der Waals surface area contributed by atoms with Gasteiger partial charge in [-0.15, -0.1) is 17.5 Å². The van der Waals surface area contributed by atoms with Crippen molar-refractivity contribution in [2.24, 2.45) is 5.10 Å². The van der Waals surface area contributed by atoms with Crippen LogP contribution in [0.4, 0.5) is 11.5 Å². The second-order valence-corrected chi connectivity index (χ2v) is 7.60. The molecular formula is C19H23ClN10O4. The molecule has 0 spiro atoms. The number of hydrogen-bond acceptors (Lipinski definition) is 11. The smallest absolute Gasteiger partial charge is 0.293 e. The van der Waals surface area contributed by atoms with Gasteiger partial charge in [0.15, 0.2) is 5.69 Å². The quantitative estimate of drug-likeness (QED) is 0.280. The number of para-hydroxylation sites is 1. The third-order valence-electron chi connectivity index (χ3n) is 5.47. The molecule has 1 atom stereocenters. The van der Waals surface area contributed by atoms with Gasteiger partial charge in [0.05, 0.1) is 22.4 Å². The predicted octanol–water partition coefficient (Wildman–Crippen LogP) is 1.70. The van der Waals surface area contributed by atoms with E-state index in [0.29, 0.717) is 18.3 Å². The summed E-state index contributed by atoms with van der Waals surface area (Å²) in [5.41, 5.74) is 8.77. The second kappa shape index (κ2) is 10.8. The van der Waals surface area contributed by atoms with Crippen LogP contribution in [0.5, 0.6) is 0 Å². The maximum absolute atomic E-state index is 12.9. The molecule has 14 nitrogen and oxygen atoms in total. The van der Waals surface area contributed by atoms with Crippen molar-refractivity contribution in [2.45, 2.75) is 38.8 Å². The first-order valence-electron chi connectivity index (χ1n) is 10.3. The monoisotopic (exact) mass is 490 g/mol. The standard InChI is InChI=1S/C19H22N10O4.ClH/c1-12-6-4-5-9-27(12)11-15-16(22-26-28(15)18-17(20)24-33-25-18)19(30)23-21-10-13-7-2-3-8-14(13)29(31)32;/h2-3,7-8,10,12H,4-6,9,11H2,1H3,(H2,20,24)(H,23,30);1H/b21-10-;. The van der Waals surface area contributed by atoms with Crippen LogP contribution in [0.25, 0.3) is 5.82 Å². The summed E-state index contributed by atoms with van der Waals surface area (Å²) in [6, 6.07) is 6.36. The Morgan fingerprint density at radius 2 is 2.18 bits per heavy atom. The van der Waals surface area contributed by atoms with Crippen LogP contribution in [0.15, 0.2) is 34.0 Å². The number of aromatic nitrogens is 5. The first-order chi connectivity index (χ1) is 16.0. The van der Waals surface area contributed by atoms with E-state index in [2.05, 4.69) is 47.6 Å². The maximum Gasteiger partial charge on any atom is 0.293 e. The van der Waals surface area contributed by atoms with E-state index in [-0.39, 0.29) is 41.0 Å². The van der Waals surface area contributed by atoms with E-state index in [4.69, 9.17) is 5.73 Å². The summed E-state index contributed by atoms with van der Waals surface area (Å²) >= 11 is 0. The highest BCUT2D eigenvalue weighted by molar-refractivity contribution is 5.94. The molecule has 34 heavy (non-hydrogen) atoms. The predicted molar refractivity (Wildman–Crippen MR) is 123 cm³/mol. The Labute approximate surface area is 199 Å². The SMILES string of the molecule is CC1CCCCN1Cc1c(C(=O)N/N=C\c2ccccc2[N+](=O)[O-])nnn1-c1nonc1N.Cl. The number of amides is 1. The Balaban J connectivity index is 0.00000324. The van der Waals surface area contributed by atoms with Crippen molar-refractivity contribution < 1.29 is 14.3 Å². The first kappa shape index (κ1) is 24.7. The van der Waals surface area contributed by atoms with Crippen molar-refractivity contribution in [1.29, 1.82) is 0 Å². The molecule has 1 amide bonds. The number of nitrogens with one attached hydrogen (secondary N) is 1. The Hall–Kier alpha value is -3.91. The molecule has 3 heterocycles. The lowest BCUT2D eigenvalue weighted by molar-refractivity contribution is -0.385. The lowest BCUT2D eigenvalue weighted by Gasteiger charge is -2.33. The number of nitro groups is 1. The average Bonchev–Trinajstić information content (AvgIpc) is 3.41. The molecule has 2 aromatic heterocycles. The zero-order chi connectivity index (χ0) is 23.4. The van der Waals surface area contributed by atoms with E-state index in [0.717, 1.165) is 25.8 Å². The summed E-state index contributed by atoms with van der Waals surface area (Å²) in [7, 11) is 0. The molecule has 1 fully saturated rings. The van der Waals surface area contributed by atoms with Crippen LogP contribution in [-0.4, -0.2) is 59.8 Å². The number of hydrogen-bond donors (Lipinski definition) is 2. The maximum atomic E-state index is 12.9. The average molecular weight is 491 g/mol. The molecule has 1 aromatic carbocycles. The van der Waals surface area contributed by atoms with Crippen LogP contribution < -0.4 is 11.2 Å². The highest BCUT2D eigenvalue weighted by Gasteiger charge is 2.28. The number of carbonyl (C=O) groups is 1. The molecule has 1 saturated heterocycles. The van der Waals surface area contributed by atoms with E-state index >= 15 is 0 Å². The van der Waals surface area contributed by atoms with Gasteiger partial charge in [-0.25, -0.2) is 10.1 Å². The van der Waals surface area contributed by atoms with E-state index in [1.54, 1.807) is 12.1 Å². The number of anilines is 1. The molecule has 0 bridgehead atoms. The topological polar surface area (TPSA) is 183 Å². The van der Waals surface area contributed by atoms with Crippen LogP contribution >= 0.6 is 12.4 Å². The molecule has 0 aliphatic carbocycles. The minimum Gasteiger partial charge on any atom is -0.378 e. The van der Waals surface area contributed by atoms with Gasteiger partial charge in [0.2, 0.25) is 11.6 Å². The minimum absolute atomic E-state index is 0. The van der Waals surface area contributed by atoms with Crippen molar-refractivity contribution in [3.8, 4) is 5.82 Å². The van der Waals surface area contributed by atoms with Crippen LogP contribution in [-0.2, 0) is 6.54 Å². The highest BCUT2D eigenvalue weighted by atomic mass is 35.5. The summed E-state index contributed by atoms with van der Waals surface area (Å²) < 4.78 is 6.00. The van der Waals surface area contributed by atoms with Crippen LogP contribution in [0.3, 0.4) is 0 Å². The van der Waals surface area contributed by atoms with Gasteiger partial charge in [-0.2, -0.15) is 9.78 Å². The number of nitrogens with two attached hydrogens (primary N) is 1. The van der Waals surface area contributed by atoms with Gasteiger partial charge in [0.25, 0.3) is 11.6 Å². The Kier molecular flexibility index (Phi) is 7.86. The summed E-state index contributed by atoms with van der Waals surface area (Å²) in [6.07, 6.45) is 4.42. The number of likely N-dealkylation sites (tertiary alicyclic amines) is 1. The van der Waals surface area contributed by atoms with Gasteiger partial charge in [-0.1, -0.05) is 23.8 Å². The highest BCUT2D eigenvalue weighted by Crippen LogP contribution is 2.23. The third kappa shape index (κ3) is 5.18. The van der Waals surface area contributed by atoms with Gasteiger partial charge in [-0.3, -0.25) is 19.8 Å². The molecule has 1 unspecified atom stereocenters. The largest absolute Gasteiger partial charge is 0.378 e. The summed E-state index contributed by atoms with van der Waals surface area (Å²) in [5, 5.41) is 30.4. The third-order valence-corrected chi connectivity index (χ3v) is 5.47. The zero-order valence-electron chi connectivity index (χ0n) is 18.2. The van der Waals surface area contributed by atoms with Crippen LogP contribution in [0, 0.1) is 10.1 Å². The molecule has 3 aromatic rings. The van der Waals surface area contributed by atoms with Crippen molar-refractivity contribution >= 4 is 36.0 Å². The lowest BCUT2D eigenvalue weighted by Crippen LogP contribution is -2.38. The number of nitrogens with zero attached hydrogens (tertiary/aromatic N) is 8. The molecule has 1 aliphatic rings. The molecule has 180 valence electrons. The summed E-state index contributed by atoms with van der Waals surface area (Å²) in [4.78, 5) is 25.7. The van der Waals surface area contributed by atoms with Gasteiger partial charge in [0.1, 0.15) is 0 Å². The first-order valence-corrected chi connectivity index (χ1v) is 10.3. The van der Waals surface area contributed by atoms with Crippen molar-refractivity contribution in [2.75, 3.05) is 12.3 Å². The molecule has 0 saturated carbocycles. The normalized spacial score (nSPS) is 16.3. The van der Waals surface area contributed by atoms with Gasteiger partial charge >= 0.3 is 0 Å². The van der Waals surface area contributed by atoms with Crippen molar-refractivity contribution in [1.82, 2.24) is 35.6 Å². The Morgan fingerprint density at radius 3 is 2.88 bits per heavy atom. The number of hydrazone groups is 1. The fraction of sp³-hybridized carbons (Fsp3) is 0.368. The number of nitro benzene ring substituents is 1. The summed E-state index contributed by atoms with van der Waals surface area (Å²) in [6.45, 7) is 3.35. The van der Waals surface area contributed by atoms with E-state index in [1.165, 1.54) is 23.0 Å².